The van der Waals surface area contributed by atoms with Crippen LogP contribution in [-0.2, 0) is 6.42 Å². The number of nitrogens with one attached hydrogen (secondary N) is 1. The summed E-state index contributed by atoms with van der Waals surface area (Å²) in [6, 6.07) is 7.38. The van der Waals surface area contributed by atoms with E-state index >= 15 is 0 Å². The van der Waals surface area contributed by atoms with Gasteiger partial charge in [0.15, 0.2) is 5.16 Å². The van der Waals surface area contributed by atoms with Gasteiger partial charge in [0.1, 0.15) is 5.75 Å². The molecule has 5 nitrogen and oxygen atoms in total. The Morgan fingerprint density at radius 2 is 1.96 bits per heavy atom. The molecule has 1 heterocycles. The number of aliphatic hydroxyl groups excluding tert-OH is 1. The number of benzene rings is 1. The molecule has 146 valence electrons. The van der Waals surface area contributed by atoms with Crippen LogP contribution in [0.15, 0.2) is 34.2 Å². The summed E-state index contributed by atoms with van der Waals surface area (Å²) >= 11 is 1.40. The maximum atomic E-state index is 12.5. The second-order valence-electron chi connectivity index (χ2n) is 7.02. The number of aromatic amines is 1. The molecule has 1 aliphatic rings. The number of H-pyrrole nitrogens is 1. The first kappa shape index (κ1) is 20.0. The van der Waals surface area contributed by atoms with Crippen molar-refractivity contribution in [2.45, 2.75) is 62.6 Å². The second-order valence-corrected chi connectivity index (χ2v) is 8.03. The van der Waals surface area contributed by atoms with E-state index in [1.807, 2.05) is 31.2 Å². The highest BCUT2D eigenvalue weighted by atomic mass is 32.2. The average Bonchev–Trinajstić information content (AvgIpc) is 2.72. The highest BCUT2D eigenvalue weighted by Crippen LogP contribution is 2.33. The average molecular weight is 389 g/mol. The topological polar surface area (TPSA) is 75.2 Å². The van der Waals surface area contributed by atoms with E-state index in [-0.39, 0.29) is 5.56 Å². The molecule has 3 rings (SSSR count). The van der Waals surface area contributed by atoms with Crippen LogP contribution in [0.2, 0.25) is 0 Å². The van der Waals surface area contributed by atoms with Crippen LogP contribution in [0.25, 0.3) is 0 Å². The minimum absolute atomic E-state index is 0.0329. The molecule has 0 spiro atoms. The van der Waals surface area contributed by atoms with Crippen molar-refractivity contribution >= 4 is 11.8 Å². The van der Waals surface area contributed by atoms with Crippen molar-refractivity contribution in [1.29, 1.82) is 0 Å². The molecular formula is C21H28N2O3S. The fraction of sp³-hybridized carbons (Fsp3) is 0.524. The third kappa shape index (κ3) is 4.93. The van der Waals surface area contributed by atoms with Crippen molar-refractivity contribution in [2.24, 2.45) is 0 Å². The Bertz CT molecular complexity index is 798. The van der Waals surface area contributed by atoms with Gasteiger partial charge in [0.2, 0.25) is 0 Å². The molecule has 6 heteroatoms. The minimum Gasteiger partial charge on any atom is -0.497 e. The fourth-order valence-electron chi connectivity index (χ4n) is 3.70. The lowest BCUT2D eigenvalue weighted by molar-refractivity contribution is 0.204. The summed E-state index contributed by atoms with van der Waals surface area (Å²) in [7, 11) is 1.62. The fourth-order valence-corrected chi connectivity index (χ4v) is 4.53. The Labute approximate surface area is 164 Å². The quantitative estimate of drug-likeness (QED) is 0.549. The third-order valence-corrected chi connectivity index (χ3v) is 6.20. The highest BCUT2D eigenvalue weighted by Gasteiger charge is 2.22. The van der Waals surface area contributed by atoms with Gasteiger partial charge < -0.3 is 14.8 Å². The van der Waals surface area contributed by atoms with Gasteiger partial charge in [0, 0.05) is 17.2 Å². The summed E-state index contributed by atoms with van der Waals surface area (Å²) < 4.78 is 5.15. The van der Waals surface area contributed by atoms with Gasteiger partial charge in [-0.05, 0) is 37.0 Å². The van der Waals surface area contributed by atoms with E-state index in [1.165, 1.54) is 31.0 Å². The van der Waals surface area contributed by atoms with Gasteiger partial charge in [-0.25, -0.2) is 4.98 Å². The number of hydrogen-bond acceptors (Lipinski definition) is 5. The molecule has 1 aromatic carbocycles. The Morgan fingerprint density at radius 1 is 1.26 bits per heavy atom. The number of methoxy groups -OCH3 is 1. The van der Waals surface area contributed by atoms with Crippen LogP contribution in [0.5, 0.6) is 5.75 Å². The van der Waals surface area contributed by atoms with Crippen molar-refractivity contribution in [3.63, 3.8) is 0 Å². The lowest BCUT2D eigenvalue weighted by Gasteiger charge is -2.23. The second kappa shape index (κ2) is 9.42. The summed E-state index contributed by atoms with van der Waals surface area (Å²) in [6.45, 7) is 2.01. The van der Waals surface area contributed by atoms with E-state index in [2.05, 4.69) is 4.98 Å². The Balaban J connectivity index is 1.73. The van der Waals surface area contributed by atoms with Crippen molar-refractivity contribution in [3.8, 4) is 5.75 Å². The SMILES string of the molecule is CCc1c(C2CCCCC2)nc(SCC(O)c2ccc(OC)cc2)[nH]c1=O. The number of ether oxygens (including phenoxy) is 1. The van der Waals surface area contributed by atoms with E-state index in [1.54, 1.807) is 7.11 Å². The van der Waals surface area contributed by atoms with Gasteiger partial charge in [0.25, 0.3) is 5.56 Å². The molecule has 1 fully saturated rings. The van der Waals surface area contributed by atoms with Crippen LogP contribution >= 0.6 is 11.8 Å². The molecule has 1 atom stereocenters. The van der Waals surface area contributed by atoms with E-state index in [4.69, 9.17) is 9.72 Å². The van der Waals surface area contributed by atoms with Gasteiger partial charge in [-0.2, -0.15) is 0 Å². The maximum Gasteiger partial charge on any atom is 0.254 e. The molecule has 0 radical (unpaired) electrons. The molecule has 2 N–H and O–H groups in total. The van der Waals surface area contributed by atoms with Gasteiger partial charge in [-0.15, -0.1) is 0 Å². The van der Waals surface area contributed by atoms with Crippen LogP contribution in [0.3, 0.4) is 0 Å². The van der Waals surface area contributed by atoms with E-state index < -0.39 is 6.10 Å². The molecule has 27 heavy (non-hydrogen) atoms. The zero-order valence-electron chi connectivity index (χ0n) is 16.0. The number of aliphatic hydroxyl groups is 1. The first-order valence-corrected chi connectivity index (χ1v) is 10.7. The third-order valence-electron chi connectivity index (χ3n) is 5.25. The molecule has 0 amide bonds. The smallest absolute Gasteiger partial charge is 0.254 e. The molecule has 1 saturated carbocycles. The van der Waals surface area contributed by atoms with Crippen molar-refractivity contribution in [2.75, 3.05) is 12.9 Å². The van der Waals surface area contributed by atoms with Gasteiger partial charge in [-0.1, -0.05) is 50.1 Å². The van der Waals surface area contributed by atoms with Crippen molar-refractivity contribution in [3.05, 3.63) is 51.4 Å². The summed E-state index contributed by atoms with van der Waals surface area (Å²) in [5.41, 5.74) is 2.59. The molecular weight excluding hydrogens is 360 g/mol. The lowest BCUT2D eigenvalue weighted by atomic mass is 9.85. The van der Waals surface area contributed by atoms with E-state index in [9.17, 15) is 9.90 Å². The number of rotatable bonds is 7. The molecule has 1 aliphatic carbocycles. The van der Waals surface area contributed by atoms with Crippen LogP contribution in [0.4, 0.5) is 0 Å². The van der Waals surface area contributed by atoms with E-state index in [0.29, 0.717) is 23.2 Å². The van der Waals surface area contributed by atoms with Crippen LogP contribution < -0.4 is 10.3 Å². The first-order chi connectivity index (χ1) is 13.1. The van der Waals surface area contributed by atoms with Gasteiger partial charge >= 0.3 is 0 Å². The van der Waals surface area contributed by atoms with E-state index in [0.717, 1.165) is 35.4 Å². The molecule has 1 unspecified atom stereocenters. The Morgan fingerprint density at radius 3 is 2.59 bits per heavy atom. The number of thioether (sulfide) groups is 1. The Hall–Kier alpha value is -1.79. The maximum absolute atomic E-state index is 12.5. The molecule has 0 saturated heterocycles. The Kier molecular flexibility index (Phi) is 6.96. The van der Waals surface area contributed by atoms with Crippen LogP contribution in [0.1, 0.15) is 67.9 Å². The summed E-state index contributed by atoms with van der Waals surface area (Å²) in [4.78, 5) is 20.2. The normalized spacial score (nSPS) is 16.3. The number of hydrogen-bond donors (Lipinski definition) is 2. The lowest BCUT2D eigenvalue weighted by Crippen LogP contribution is -2.21. The summed E-state index contributed by atoms with van der Waals surface area (Å²) in [5.74, 6) is 1.59. The van der Waals surface area contributed by atoms with Gasteiger partial charge in [0.05, 0.1) is 18.9 Å². The van der Waals surface area contributed by atoms with Crippen LogP contribution in [-0.4, -0.2) is 27.9 Å². The van der Waals surface area contributed by atoms with Crippen molar-refractivity contribution in [1.82, 2.24) is 9.97 Å². The standard InChI is InChI=1S/C21H28N2O3S/c1-3-17-19(15-7-5-4-6-8-15)22-21(23-20(17)25)27-13-18(24)14-9-11-16(26-2)12-10-14/h9-12,15,18,24H,3-8,13H2,1-2H3,(H,22,23,25). The number of aromatic nitrogens is 2. The summed E-state index contributed by atoms with van der Waals surface area (Å²) in [5, 5.41) is 11.1. The van der Waals surface area contributed by atoms with Crippen molar-refractivity contribution < 1.29 is 9.84 Å². The summed E-state index contributed by atoms with van der Waals surface area (Å²) in [6.07, 6.45) is 5.99. The number of nitrogens with zero attached hydrogens (tertiary/aromatic N) is 1. The zero-order chi connectivity index (χ0) is 19.2. The largest absolute Gasteiger partial charge is 0.497 e. The predicted molar refractivity (Wildman–Crippen MR) is 109 cm³/mol. The monoisotopic (exact) mass is 388 g/mol. The minimum atomic E-state index is -0.629. The zero-order valence-corrected chi connectivity index (χ0v) is 16.8. The van der Waals surface area contributed by atoms with Crippen LogP contribution in [0, 0.1) is 0 Å². The first-order valence-electron chi connectivity index (χ1n) is 9.70. The van der Waals surface area contributed by atoms with Gasteiger partial charge in [-0.3, -0.25) is 4.79 Å². The highest BCUT2D eigenvalue weighted by molar-refractivity contribution is 7.99. The molecule has 0 bridgehead atoms. The molecule has 2 aromatic rings. The predicted octanol–water partition coefficient (Wildman–Crippen LogP) is 4.21. The molecule has 0 aliphatic heterocycles. The molecule has 1 aromatic heterocycles.